The number of amides is 2. The summed E-state index contributed by atoms with van der Waals surface area (Å²) in [5.74, 6) is -0.0233. The molecule has 3 atom stereocenters. The van der Waals surface area contributed by atoms with Gasteiger partial charge in [0.05, 0.1) is 25.6 Å². The molecule has 0 bridgehead atoms. The standard InChI is InChI=1S/C28H36N4O4/c1-19-16-32(20(2)18-33)28(35)24-14-23(22-7-5-4-6-8-22)15-30-27(24)36-25(19)17-31(3)26(34)13-21-9-11-29-12-10-21/h7,9-12,14-15,19-20,25,33H,4-6,8,13,16-18H2,1-3H3/t19-,20+,25+/m1/s1. The van der Waals surface area contributed by atoms with E-state index in [9.17, 15) is 14.7 Å². The zero-order valence-electron chi connectivity index (χ0n) is 21.4. The van der Waals surface area contributed by atoms with Crippen molar-refractivity contribution in [3.63, 3.8) is 0 Å². The van der Waals surface area contributed by atoms with Crippen LogP contribution in [0, 0.1) is 5.92 Å². The molecule has 36 heavy (non-hydrogen) atoms. The Labute approximate surface area is 213 Å². The fraction of sp³-hybridized carbons (Fsp3) is 0.500. The Morgan fingerprint density at radius 3 is 2.78 bits per heavy atom. The Balaban J connectivity index is 1.61. The van der Waals surface area contributed by atoms with Crippen molar-refractivity contribution in [1.29, 1.82) is 0 Å². The van der Waals surface area contributed by atoms with Crippen molar-refractivity contribution in [2.24, 2.45) is 5.92 Å². The molecule has 8 nitrogen and oxygen atoms in total. The number of aliphatic hydroxyl groups is 1. The van der Waals surface area contributed by atoms with Crippen LogP contribution in [0.1, 0.15) is 61.0 Å². The van der Waals surface area contributed by atoms with Crippen molar-refractivity contribution in [2.75, 3.05) is 26.7 Å². The van der Waals surface area contributed by atoms with Crippen LogP contribution in [0.15, 0.2) is 42.9 Å². The highest BCUT2D eigenvalue weighted by Gasteiger charge is 2.35. The molecule has 1 aliphatic carbocycles. The molecule has 2 amide bonds. The van der Waals surface area contributed by atoms with Crippen LogP contribution in [0.5, 0.6) is 5.88 Å². The van der Waals surface area contributed by atoms with Crippen molar-refractivity contribution in [3.05, 3.63) is 59.6 Å². The van der Waals surface area contributed by atoms with Crippen molar-refractivity contribution < 1.29 is 19.4 Å². The lowest BCUT2D eigenvalue weighted by Gasteiger charge is -2.37. The molecule has 0 spiro atoms. The monoisotopic (exact) mass is 492 g/mol. The van der Waals surface area contributed by atoms with Gasteiger partial charge in [-0.25, -0.2) is 4.98 Å². The van der Waals surface area contributed by atoms with E-state index in [1.165, 1.54) is 12.0 Å². The Hall–Kier alpha value is -3.26. The summed E-state index contributed by atoms with van der Waals surface area (Å²) < 4.78 is 6.35. The van der Waals surface area contributed by atoms with Crippen LogP contribution < -0.4 is 4.74 Å². The number of pyridine rings is 2. The number of aliphatic hydroxyl groups excluding tert-OH is 1. The van der Waals surface area contributed by atoms with Crippen molar-refractivity contribution in [3.8, 4) is 5.88 Å². The third-order valence-corrected chi connectivity index (χ3v) is 7.17. The Morgan fingerprint density at radius 1 is 1.31 bits per heavy atom. The number of carbonyl (C=O) groups excluding carboxylic acids is 2. The third kappa shape index (κ3) is 5.93. The van der Waals surface area contributed by atoms with Gasteiger partial charge < -0.3 is 19.6 Å². The van der Waals surface area contributed by atoms with E-state index in [1.54, 1.807) is 35.4 Å². The molecule has 0 radical (unpaired) electrons. The first-order chi connectivity index (χ1) is 17.4. The smallest absolute Gasteiger partial charge is 0.259 e. The summed E-state index contributed by atoms with van der Waals surface area (Å²) >= 11 is 0. The molecule has 1 N–H and O–H groups in total. The number of ether oxygens (including phenoxy) is 1. The second-order valence-electron chi connectivity index (χ2n) is 9.98. The van der Waals surface area contributed by atoms with Crippen molar-refractivity contribution in [1.82, 2.24) is 19.8 Å². The maximum atomic E-state index is 13.6. The zero-order chi connectivity index (χ0) is 25.7. The van der Waals surface area contributed by atoms with E-state index in [2.05, 4.69) is 16.0 Å². The second kappa shape index (κ2) is 11.6. The first-order valence-corrected chi connectivity index (χ1v) is 12.8. The van der Waals surface area contributed by atoms with Gasteiger partial charge in [-0.05, 0) is 67.5 Å². The average Bonchev–Trinajstić information content (AvgIpc) is 2.91. The lowest BCUT2D eigenvalue weighted by atomic mass is 9.93. The van der Waals surface area contributed by atoms with Gasteiger partial charge in [0.2, 0.25) is 11.8 Å². The normalized spacial score (nSPS) is 20.9. The molecule has 3 heterocycles. The van der Waals surface area contributed by atoms with Crippen molar-refractivity contribution in [2.45, 2.75) is 58.1 Å². The Morgan fingerprint density at radius 2 is 2.08 bits per heavy atom. The highest BCUT2D eigenvalue weighted by atomic mass is 16.5. The number of fused-ring (bicyclic) bond motifs is 1. The molecular weight excluding hydrogens is 456 g/mol. The van der Waals surface area contributed by atoms with Crippen LogP contribution in [-0.4, -0.2) is 75.6 Å². The Bertz CT molecular complexity index is 1100. The molecule has 0 fully saturated rings. The number of allylic oxidation sites excluding steroid dienone is 2. The maximum Gasteiger partial charge on any atom is 0.259 e. The molecule has 0 aromatic carbocycles. The molecule has 2 aromatic heterocycles. The summed E-state index contributed by atoms with van der Waals surface area (Å²) in [5, 5.41) is 9.88. The molecular formula is C28H36N4O4. The van der Waals surface area contributed by atoms with Gasteiger partial charge >= 0.3 is 0 Å². The molecule has 2 aliphatic rings. The predicted molar refractivity (Wildman–Crippen MR) is 137 cm³/mol. The number of rotatable bonds is 7. The molecule has 0 unspecified atom stereocenters. The third-order valence-electron chi connectivity index (χ3n) is 7.17. The molecule has 1 aliphatic heterocycles. The fourth-order valence-electron chi connectivity index (χ4n) is 4.78. The Kier molecular flexibility index (Phi) is 8.36. The highest BCUT2D eigenvalue weighted by molar-refractivity contribution is 5.97. The summed E-state index contributed by atoms with van der Waals surface area (Å²) in [6.07, 6.45) is 11.6. The SMILES string of the molecule is C[C@@H]1CN([C@@H](C)CO)C(=O)c2cc(C3=CCCCC3)cnc2O[C@H]1CN(C)C(=O)Cc1ccncc1. The zero-order valence-corrected chi connectivity index (χ0v) is 21.4. The van der Waals surface area contributed by atoms with Gasteiger partial charge in [-0.3, -0.25) is 14.6 Å². The minimum Gasteiger partial charge on any atom is -0.472 e. The van der Waals surface area contributed by atoms with E-state index >= 15 is 0 Å². The van der Waals surface area contributed by atoms with Crippen LogP contribution in [0.2, 0.25) is 0 Å². The highest BCUT2D eigenvalue weighted by Crippen LogP contribution is 2.32. The summed E-state index contributed by atoms with van der Waals surface area (Å²) in [6.45, 7) is 4.47. The maximum absolute atomic E-state index is 13.6. The van der Waals surface area contributed by atoms with Gasteiger partial charge in [0, 0.05) is 38.1 Å². The molecule has 0 saturated heterocycles. The summed E-state index contributed by atoms with van der Waals surface area (Å²) in [6, 6.07) is 5.19. The van der Waals surface area contributed by atoms with Gasteiger partial charge in [0.1, 0.15) is 11.7 Å². The first kappa shape index (κ1) is 25.8. The molecule has 0 saturated carbocycles. The van der Waals surface area contributed by atoms with Gasteiger partial charge in [-0.2, -0.15) is 0 Å². The lowest BCUT2D eigenvalue weighted by Crippen LogP contribution is -2.50. The summed E-state index contributed by atoms with van der Waals surface area (Å²) in [7, 11) is 1.77. The fourth-order valence-corrected chi connectivity index (χ4v) is 4.78. The summed E-state index contributed by atoms with van der Waals surface area (Å²) in [5.41, 5.74) is 3.46. The largest absolute Gasteiger partial charge is 0.472 e. The van der Waals surface area contributed by atoms with E-state index in [0.29, 0.717) is 18.7 Å². The number of carbonyl (C=O) groups is 2. The summed E-state index contributed by atoms with van der Waals surface area (Å²) in [4.78, 5) is 38.5. The number of likely N-dealkylation sites (N-methyl/N-ethyl adjacent to an activating group) is 1. The van der Waals surface area contributed by atoms with E-state index in [4.69, 9.17) is 4.74 Å². The topological polar surface area (TPSA) is 95.9 Å². The van der Waals surface area contributed by atoms with Gasteiger partial charge in [0.15, 0.2) is 0 Å². The van der Waals surface area contributed by atoms with Crippen LogP contribution in [-0.2, 0) is 11.2 Å². The second-order valence-corrected chi connectivity index (χ2v) is 9.98. The van der Waals surface area contributed by atoms with E-state index in [0.717, 1.165) is 30.4 Å². The lowest BCUT2D eigenvalue weighted by molar-refractivity contribution is -0.130. The van der Waals surface area contributed by atoms with Crippen LogP contribution in [0.4, 0.5) is 0 Å². The quantitative estimate of drug-likeness (QED) is 0.637. The number of nitrogens with zero attached hydrogens (tertiary/aromatic N) is 4. The van der Waals surface area contributed by atoms with E-state index in [1.807, 2.05) is 32.0 Å². The predicted octanol–water partition coefficient (Wildman–Crippen LogP) is 3.36. The number of aromatic nitrogens is 2. The van der Waals surface area contributed by atoms with Crippen LogP contribution in [0.3, 0.4) is 0 Å². The van der Waals surface area contributed by atoms with Crippen molar-refractivity contribution >= 4 is 17.4 Å². The van der Waals surface area contributed by atoms with E-state index < -0.39 is 0 Å². The van der Waals surface area contributed by atoms with Crippen LogP contribution in [0.25, 0.3) is 5.57 Å². The minimum atomic E-state index is -0.371. The minimum absolute atomic E-state index is 0.0246. The molecule has 2 aromatic rings. The number of hydrogen-bond donors (Lipinski definition) is 1. The molecule has 192 valence electrons. The first-order valence-electron chi connectivity index (χ1n) is 12.8. The number of hydrogen-bond acceptors (Lipinski definition) is 6. The van der Waals surface area contributed by atoms with Gasteiger partial charge in [-0.15, -0.1) is 0 Å². The average molecular weight is 493 g/mol. The van der Waals surface area contributed by atoms with Crippen LogP contribution >= 0.6 is 0 Å². The van der Waals surface area contributed by atoms with E-state index in [-0.39, 0.29) is 48.8 Å². The van der Waals surface area contributed by atoms with Gasteiger partial charge in [-0.1, -0.05) is 13.0 Å². The van der Waals surface area contributed by atoms with Gasteiger partial charge in [0.25, 0.3) is 5.91 Å². The molecule has 8 heteroatoms. The molecule has 4 rings (SSSR count).